The van der Waals surface area contributed by atoms with E-state index in [-0.39, 0.29) is 0 Å². The number of nitrogens with one attached hydrogen (secondary N) is 1. The Kier molecular flexibility index (Phi) is 4.63. The van der Waals surface area contributed by atoms with Crippen LogP contribution in [0.5, 0.6) is 5.75 Å². The highest BCUT2D eigenvalue weighted by Crippen LogP contribution is 2.34. The second kappa shape index (κ2) is 6.43. The number of methoxy groups -OCH3 is 1. The van der Waals surface area contributed by atoms with Crippen molar-refractivity contribution >= 4 is 29.1 Å². The minimum Gasteiger partial charge on any atom is -0.495 e. The monoisotopic (exact) mass is 292 g/mol. The number of rotatable bonds is 5. The minimum absolute atomic E-state index is 0.486. The van der Waals surface area contributed by atoms with Gasteiger partial charge in [0, 0.05) is 13.6 Å². The number of para-hydroxylation sites is 2. The van der Waals surface area contributed by atoms with Crippen LogP contribution < -0.4 is 15.0 Å². The highest BCUT2D eigenvalue weighted by molar-refractivity contribution is 6.33. The lowest BCUT2D eigenvalue weighted by Gasteiger charge is -2.22. The van der Waals surface area contributed by atoms with Crippen LogP contribution in [0.15, 0.2) is 30.5 Å². The SMILES string of the molecule is CCNc1ncc(Cl)c(N(C)c2ccccc2OC)n1. The van der Waals surface area contributed by atoms with E-state index in [4.69, 9.17) is 16.3 Å². The van der Waals surface area contributed by atoms with E-state index >= 15 is 0 Å². The van der Waals surface area contributed by atoms with Gasteiger partial charge in [-0.15, -0.1) is 0 Å². The Balaban J connectivity index is 2.41. The second-order valence-corrected chi connectivity index (χ2v) is 4.53. The Morgan fingerprint density at radius 1 is 1.35 bits per heavy atom. The molecule has 1 heterocycles. The van der Waals surface area contributed by atoms with E-state index in [1.54, 1.807) is 13.3 Å². The Morgan fingerprint density at radius 3 is 2.80 bits per heavy atom. The molecule has 0 saturated heterocycles. The van der Waals surface area contributed by atoms with Gasteiger partial charge in [-0.1, -0.05) is 23.7 Å². The molecule has 0 aliphatic carbocycles. The smallest absolute Gasteiger partial charge is 0.224 e. The number of anilines is 3. The normalized spacial score (nSPS) is 10.2. The first kappa shape index (κ1) is 14.4. The maximum Gasteiger partial charge on any atom is 0.224 e. The summed E-state index contributed by atoms with van der Waals surface area (Å²) in [6, 6.07) is 7.70. The van der Waals surface area contributed by atoms with Gasteiger partial charge in [0.2, 0.25) is 5.95 Å². The van der Waals surface area contributed by atoms with Crippen LogP contribution in [0, 0.1) is 0 Å². The lowest BCUT2D eigenvalue weighted by atomic mass is 10.2. The highest BCUT2D eigenvalue weighted by atomic mass is 35.5. The van der Waals surface area contributed by atoms with E-state index in [0.717, 1.165) is 18.0 Å². The van der Waals surface area contributed by atoms with Crippen LogP contribution in [0.3, 0.4) is 0 Å². The summed E-state index contributed by atoms with van der Waals surface area (Å²) in [4.78, 5) is 10.4. The summed E-state index contributed by atoms with van der Waals surface area (Å²) >= 11 is 6.20. The number of benzene rings is 1. The van der Waals surface area contributed by atoms with Gasteiger partial charge >= 0.3 is 0 Å². The summed E-state index contributed by atoms with van der Waals surface area (Å²) in [5.41, 5.74) is 0.887. The van der Waals surface area contributed by atoms with Crippen LogP contribution in [-0.2, 0) is 0 Å². The van der Waals surface area contributed by atoms with Gasteiger partial charge in [0.25, 0.3) is 0 Å². The molecule has 20 heavy (non-hydrogen) atoms. The highest BCUT2D eigenvalue weighted by Gasteiger charge is 2.15. The van der Waals surface area contributed by atoms with Crippen molar-refractivity contribution in [3.8, 4) is 5.75 Å². The van der Waals surface area contributed by atoms with Gasteiger partial charge in [-0.25, -0.2) is 4.98 Å². The number of hydrogen-bond donors (Lipinski definition) is 1. The van der Waals surface area contributed by atoms with E-state index in [1.165, 1.54) is 0 Å². The van der Waals surface area contributed by atoms with Crippen LogP contribution in [0.2, 0.25) is 5.02 Å². The molecule has 0 amide bonds. The largest absolute Gasteiger partial charge is 0.495 e. The van der Waals surface area contributed by atoms with Gasteiger partial charge < -0.3 is 15.0 Å². The summed E-state index contributed by atoms with van der Waals surface area (Å²) in [6.45, 7) is 2.74. The minimum atomic E-state index is 0.486. The Hall–Kier alpha value is -2.01. The van der Waals surface area contributed by atoms with Crippen LogP contribution >= 0.6 is 11.6 Å². The number of aromatic nitrogens is 2. The molecular weight excluding hydrogens is 276 g/mol. The van der Waals surface area contributed by atoms with Crippen molar-refractivity contribution in [2.75, 3.05) is 30.9 Å². The van der Waals surface area contributed by atoms with Gasteiger partial charge in [0.15, 0.2) is 5.82 Å². The molecule has 0 radical (unpaired) electrons. The van der Waals surface area contributed by atoms with E-state index in [0.29, 0.717) is 16.8 Å². The fourth-order valence-electron chi connectivity index (χ4n) is 1.86. The maximum atomic E-state index is 6.20. The van der Waals surface area contributed by atoms with Crippen molar-refractivity contribution in [3.63, 3.8) is 0 Å². The molecule has 0 bridgehead atoms. The molecule has 1 aromatic carbocycles. The van der Waals surface area contributed by atoms with Gasteiger partial charge in [0.05, 0.1) is 19.0 Å². The predicted molar refractivity (Wildman–Crippen MR) is 82.3 cm³/mol. The molecule has 0 spiro atoms. The van der Waals surface area contributed by atoms with E-state index in [1.807, 2.05) is 43.1 Å². The number of hydrogen-bond acceptors (Lipinski definition) is 5. The second-order valence-electron chi connectivity index (χ2n) is 4.13. The lowest BCUT2D eigenvalue weighted by molar-refractivity contribution is 0.415. The van der Waals surface area contributed by atoms with E-state index in [2.05, 4.69) is 15.3 Å². The molecule has 0 unspecified atom stereocenters. The molecule has 5 nitrogen and oxygen atoms in total. The Bertz CT molecular complexity index is 591. The molecule has 2 rings (SSSR count). The molecular formula is C14H17ClN4O. The summed E-state index contributed by atoms with van der Waals surface area (Å²) in [5.74, 6) is 1.94. The topological polar surface area (TPSA) is 50.3 Å². The van der Waals surface area contributed by atoms with E-state index < -0.39 is 0 Å². The lowest BCUT2D eigenvalue weighted by Crippen LogP contribution is -2.14. The fraction of sp³-hybridized carbons (Fsp3) is 0.286. The third-order valence-electron chi connectivity index (χ3n) is 2.82. The Morgan fingerprint density at radius 2 is 2.10 bits per heavy atom. The number of halogens is 1. The first-order valence-corrected chi connectivity index (χ1v) is 6.68. The average molecular weight is 293 g/mol. The van der Waals surface area contributed by atoms with Crippen molar-refractivity contribution in [3.05, 3.63) is 35.5 Å². The maximum absolute atomic E-state index is 6.20. The number of nitrogens with zero attached hydrogens (tertiary/aromatic N) is 3. The standard InChI is InChI=1S/C14H17ClN4O/c1-4-16-14-17-9-10(15)13(18-14)19(2)11-7-5-6-8-12(11)20-3/h5-9H,4H2,1-3H3,(H,16,17,18). The molecule has 0 atom stereocenters. The van der Waals surface area contributed by atoms with Gasteiger partial charge in [-0.05, 0) is 19.1 Å². The molecule has 2 aromatic rings. The molecule has 0 aliphatic rings. The van der Waals surface area contributed by atoms with Crippen molar-refractivity contribution in [1.29, 1.82) is 0 Å². The predicted octanol–water partition coefficient (Wildman–Crippen LogP) is 3.34. The van der Waals surface area contributed by atoms with E-state index in [9.17, 15) is 0 Å². The van der Waals surface area contributed by atoms with Crippen molar-refractivity contribution < 1.29 is 4.74 Å². The van der Waals surface area contributed by atoms with Crippen molar-refractivity contribution in [1.82, 2.24) is 9.97 Å². The summed E-state index contributed by atoms with van der Waals surface area (Å²) in [5, 5.41) is 3.56. The summed E-state index contributed by atoms with van der Waals surface area (Å²) < 4.78 is 5.36. The van der Waals surface area contributed by atoms with Crippen LogP contribution in [0.25, 0.3) is 0 Å². The van der Waals surface area contributed by atoms with Gasteiger partial charge in [-0.3, -0.25) is 0 Å². The summed E-state index contributed by atoms with van der Waals surface area (Å²) in [7, 11) is 3.53. The fourth-order valence-corrected chi connectivity index (χ4v) is 2.08. The first-order valence-electron chi connectivity index (χ1n) is 6.30. The van der Waals surface area contributed by atoms with Gasteiger partial charge in [0.1, 0.15) is 10.8 Å². The van der Waals surface area contributed by atoms with Crippen LogP contribution in [0.4, 0.5) is 17.5 Å². The molecule has 0 aliphatic heterocycles. The summed E-state index contributed by atoms with van der Waals surface area (Å²) in [6.07, 6.45) is 1.59. The molecule has 0 fully saturated rings. The first-order chi connectivity index (χ1) is 9.67. The van der Waals surface area contributed by atoms with Crippen molar-refractivity contribution in [2.24, 2.45) is 0 Å². The molecule has 0 saturated carbocycles. The molecule has 1 aromatic heterocycles. The van der Waals surface area contributed by atoms with Gasteiger partial charge in [-0.2, -0.15) is 4.98 Å². The molecule has 6 heteroatoms. The van der Waals surface area contributed by atoms with Crippen LogP contribution in [-0.4, -0.2) is 30.7 Å². The number of ether oxygens (including phenoxy) is 1. The zero-order valence-electron chi connectivity index (χ0n) is 11.7. The zero-order chi connectivity index (χ0) is 14.5. The molecule has 1 N–H and O–H groups in total. The van der Waals surface area contributed by atoms with Crippen molar-refractivity contribution in [2.45, 2.75) is 6.92 Å². The third-order valence-corrected chi connectivity index (χ3v) is 3.09. The Labute approximate surface area is 123 Å². The third kappa shape index (κ3) is 2.93. The van der Waals surface area contributed by atoms with Crippen LogP contribution in [0.1, 0.15) is 6.92 Å². The molecule has 106 valence electrons. The quantitative estimate of drug-likeness (QED) is 0.916. The average Bonchev–Trinajstić information content (AvgIpc) is 2.48. The zero-order valence-corrected chi connectivity index (χ0v) is 12.5.